The first-order chi connectivity index (χ1) is 10.8. The lowest BCUT2D eigenvalue weighted by atomic mass is 10.2. The zero-order valence-electron chi connectivity index (χ0n) is 13.7. The molecular formula is C16H30N6. The number of hydrogen-bond acceptors (Lipinski definition) is 5. The zero-order chi connectivity index (χ0) is 15.2. The van der Waals surface area contributed by atoms with Gasteiger partial charge in [-0.1, -0.05) is 0 Å². The third kappa shape index (κ3) is 4.20. The van der Waals surface area contributed by atoms with Crippen LogP contribution in [0.15, 0.2) is 0 Å². The fourth-order valence-corrected chi connectivity index (χ4v) is 3.64. The van der Waals surface area contributed by atoms with Crippen molar-refractivity contribution in [2.45, 2.75) is 51.4 Å². The quantitative estimate of drug-likeness (QED) is 0.727. The van der Waals surface area contributed by atoms with Gasteiger partial charge in [0.1, 0.15) is 0 Å². The van der Waals surface area contributed by atoms with Gasteiger partial charge >= 0.3 is 0 Å². The van der Waals surface area contributed by atoms with E-state index in [1.807, 2.05) is 0 Å². The Morgan fingerprint density at radius 2 is 1.14 bits per heavy atom. The molecule has 0 spiro atoms. The second-order valence-corrected chi connectivity index (χ2v) is 6.71. The second-order valence-electron chi connectivity index (χ2n) is 6.71. The Kier molecular flexibility index (Phi) is 5.67. The molecule has 1 aromatic rings. The largest absolute Gasteiger partial charge is 0.336 e. The van der Waals surface area contributed by atoms with Gasteiger partial charge in [0.05, 0.1) is 0 Å². The Hall–Kier alpha value is -1.14. The van der Waals surface area contributed by atoms with Crippen LogP contribution in [0.2, 0.25) is 0 Å². The number of rotatable bonds is 8. The highest BCUT2D eigenvalue weighted by atomic mass is 15.4. The molecule has 3 rings (SSSR count). The van der Waals surface area contributed by atoms with E-state index in [1.165, 1.54) is 51.9 Å². The summed E-state index contributed by atoms with van der Waals surface area (Å²) in [5, 5.41) is 8.57. The van der Waals surface area contributed by atoms with E-state index >= 15 is 0 Å². The van der Waals surface area contributed by atoms with Crippen molar-refractivity contribution in [2.75, 3.05) is 45.1 Å². The first kappa shape index (κ1) is 15.7. The van der Waals surface area contributed by atoms with Gasteiger partial charge in [-0.05, 0) is 77.8 Å². The van der Waals surface area contributed by atoms with Crippen LogP contribution in [0.1, 0.15) is 50.2 Å². The Morgan fingerprint density at radius 3 is 1.55 bits per heavy atom. The van der Waals surface area contributed by atoms with E-state index in [0.29, 0.717) is 0 Å². The van der Waals surface area contributed by atoms with Gasteiger partial charge in [0, 0.05) is 12.8 Å². The van der Waals surface area contributed by atoms with E-state index in [1.54, 1.807) is 4.68 Å². The summed E-state index contributed by atoms with van der Waals surface area (Å²) in [4.78, 5) is 5.07. The van der Waals surface area contributed by atoms with E-state index < -0.39 is 0 Å². The number of nitrogens with zero attached hydrogens (tertiary/aromatic N) is 5. The lowest BCUT2D eigenvalue weighted by molar-refractivity contribution is 0.331. The Labute approximate surface area is 133 Å². The van der Waals surface area contributed by atoms with Crippen LogP contribution in [0, 0.1) is 0 Å². The highest BCUT2D eigenvalue weighted by Gasteiger charge is 2.14. The molecule has 2 fully saturated rings. The summed E-state index contributed by atoms with van der Waals surface area (Å²) < 4.78 is 1.73. The van der Waals surface area contributed by atoms with Crippen LogP contribution in [0.4, 0.5) is 0 Å². The number of hydrogen-bond donors (Lipinski definition) is 1. The maximum atomic E-state index is 6.16. The fraction of sp³-hybridized carbons (Fsp3) is 0.875. The molecular weight excluding hydrogens is 276 g/mol. The highest BCUT2D eigenvalue weighted by Crippen LogP contribution is 2.11. The molecule has 0 atom stereocenters. The molecule has 2 saturated heterocycles. The number of aromatic nitrogens is 3. The van der Waals surface area contributed by atoms with Crippen molar-refractivity contribution < 1.29 is 0 Å². The average molecular weight is 306 g/mol. The minimum Gasteiger partial charge on any atom is -0.336 e. The third-order valence-electron chi connectivity index (χ3n) is 4.98. The number of aryl methyl sites for hydroxylation is 2. The summed E-state index contributed by atoms with van der Waals surface area (Å²) in [5.74, 6) is 8.04. The molecule has 0 radical (unpaired) electrons. The topological polar surface area (TPSA) is 63.2 Å². The molecule has 22 heavy (non-hydrogen) atoms. The van der Waals surface area contributed by atoms with E-state index in [4.69, 9.17) is 5.84 Å². The van der Waals surface area contributed by atoms with Crippen LogP contribution in [-0.4, -0.2) is 63.9 Å². The molecule has 6 nitrogen and oxygen atoms in total. The van der Waals surface area contributed by atoms with Gasteiger partial charge in [0.2, 0.25) is 0 Å². The van der Waals surface area contributed by atoms with Crippen LogP contribution in [0.3, 0.4) is 0 Å². The molecule has 0 amide bonds. The molecule has 0 aromatic carbocycles. The van der Waals surface area contributed by atoms with Crippen molar-refractivity contribution in [2.24, 2.45) is 0 Å². The average Bonchev–Trinajstić information content (AvgIpc) is 3.25. The lowest BCUT2D eigenvalue weighted by Gasteiger charge is -2.14. The van der Waals surface area contributed by atoms with Gasteiger partial charge in [-0.25, -0.2) is 4.68 Å². The van der Waals surface area contributed by atoms with Crippen molar-refractivity contribution in [1.82, 2.24) is 24.7 Å². The molecule has 2 aliphatic heterocycles. The van der Waals surface area contributed by atoms with Crippen molar-refractivity contribution in [1.29, 1.82) is 0 Å². The van der Waals surface area contributed by atoms with E-state index in [9.17, 15) is 0 Å². The maximum Gasteiger partial charge on any atom is 0.151 e. The number of nitrogens with two attached hydrogens (primary N) is 1. The normalized spacial score (nSPS) is 20.2. The van der Waals surface area contributed by atoms with Crippen LogP contribution in [-0.2, 0) is 12.8 Å². The molecule has 0 saturated carbocycles. The Balaban J connectivity index is 1.38. The first-order valence-corrected chi connectivity index (χ1v) is 8.96. The number of likely N-dealkylation sites (tertiary alicyclic amines) is 2. The second kappa shape index (κ2) is 7.92. The summed E-state index contributed by atoms with van der Waals surface area (Å²) in [5.41, 5.74) is 0. The third-order valence-corrected chi connectivity index (χ3v) is 4.98. The molecule has 6 heteroatoms. The highest BCUT2D eigenvalue weighted by molar-refractivity contribution is 4.96. The van der Waals surface area contributed by atoms with E-state index in [2.05, 4.69) is 20.0 Å². The standard InChI is InChI=1S/C16H30N6/c17-22-15(7-5-13-20-9-1-2-10-20)18-19-16(22)8-6-14-21-11-3-4-12-21/h1-14,17H2. The summed E-state index contributed by atoms with van der Waals surface area (Å²) in [7, 11) is 0. The molecule has 0 aliphatic carbocycles. The van der Waals surface area contributed by atoms with Crippen LogP contribution in [0.25, 0.3) is 0 Å². The van der Waals surface area contributed by atoms with Crippen molar-refractivity contribution >= 4 is 0 Å². The summed E-state index contributed by atoms with van der Waals surface area (Å²) in [6, 6.07) is 0. The van der Waals surface area contributed by atoms with Crippen LogP contribution >= 0.6 is 0 Å². The van der Waals surface area contributed by atoms with Crippen molar-refractivity contribution in [3.8, 4) is 0 Å². The minimum atomic E-state index is 0.937. The molecule has 0 bridgehead atoms. The SMILES string of the molecule is Nn1c(CCCN2CCCC2)nnc1CCCN1CCCC1. The fourth-order valence-electron chi connectivity index (χ4n) is 3.64. The first-order valence-electron chi connectivity index (χ1n) is 8.96. The smallest absolute Gasteiger partial charge is 0.151 e. The molecule has 2 aliphatic rings. The van der Waals surface area contributed by atoms with Crippen LogP contribution < -0.4 is 5.84 Å². The maximum absolute atomic E-state index is 6.16. The Bertz CT molecular complexity index is 406. The summed E-state index contributed by atoms with van der Waals surface area (Å²) in [6.07, 6.45) is 9.55. The van der Waals surface area contributed by atoms with Crippen LogP contribution in [0.5, 0.6) is 0 Å². The van der Waals surface area contributed by atoms with E-state index in [-0.39, 0.29) is 0 Å². The number of nitrogen functional groups attached to an aromatic ring is 1. The minimum absolute atomic E-state index is 0.937. The van der Waals surface area contributed by atoms with Crippen molar-refractivity contribution in [3.05, 3.63) is 11.6 Å². The lowest BCUT2D eigenvalue weighted by Crippen LogP contribution is -2.23. The Morgan fingerprint density at radius 1 is 0.727 bits per heavy atom. The zero-order valence-corrected chi connectivity index (χ0v) is 13.7. The molecule has 124 valence electrons. The predicted octanol–water partition coefficient (Wildman–Crippen LogP) is 1.05. The summed E-state index contributed by atoms with van der Waals surface area (Å²) >= 11 is 0. The molecule has 2 N–H and O–H groups in total. The monoisotopic (exact) mass is 306 g/mol. The van der Waals surface area contributed by atoms with Gasteiger partial charge in [-0.3, -0.25) is 0 Å². The van der Waals surface area contributed by atoms with E-state index in [0.717, 1.165) is 50.4 Å². The van der Waals surface area contributed by atoms with Gasteiger partial charge in [0.15, 0.2) is 11.6 Å². The molecule has 1 aromatic heterocycles. The van der Waals surface area contributed by atoms with Gasteiger partial charge in [0.25, 0.3) is 0 Å². The van der Waals surface area contributed by atoms with Gasteiger partial charge < -0.3 is 15.6 Å². The molecule has 0 unspecified atom stereocenters. The van der Waals surface area contributed by atoms with Gasteiger partial charge in [-0.2, -0.15) is 0 Å². The molecule has 3 heterocycles. The van der Waals surface area contributed by atoms with Crippen molar-refractivity contribution in [3.63, 3.8) is 0 Å². The van der Waals surface area contributed by atoms with Gasteiger partial charge in [-0.15, -0.1) is 10.2 Å². The summed E-state index contributed by atoms with van der Waals surface area (Å²) in [6.45, 7) is 7.37. The predicted molar refractivity (Wildman–Crippen MR) is 88.2 cm³/mol.